The van der Waals surface area contributed by atoms with Crippen molar-refractivity contribution in [2.45, 2.75) is 39.2 Å². The summed E-state index contributed by atoms with van der Waals surface area (Å²) in [5, 5.41) is 6.86. The molecule has 0 bridgehead atoms. The first-order valence-corrected chi connectivity index (χ1v) is 8.81. The molecule has 0 aliphatic carbocycles. The number of guanidine groups is 1. The van der Waals surface area contributed by atoms with Crippen molar-refractivity contribution in [2.24, 2.45) is 16.8 Å². The molecule has 23 heavy (non-hydrogen) atoms. The van der Waals surface area contributed by atoms with E-state index >= 15 is 0 Å². The van der Waals surface area contributed by atoms with Crippen molar-refractivity contribution in [1.82, 2.24) is 10.6 Å². The van der Waals surface area contributed by atoms with Crippen molar-refractivity contribution in [1.29, 1.82) is 0 Å². The number of aliphatic imine (C=N–C) groups is 1. The van der Waals surface area contributed by atoms with Crippen molar-refractivity contribution in [3.8, 4) is 0 Å². The number of ether oxygens (including phenoxy) is 1. The minimum atomic E-state index is 0.186. The number of nitrogens with one attached hydrogen (secondary N) is 2. The van der Waals surface area contributed by atoms with Gasteiger partial charge in [0.1, 0.15) is 0 Å². The summed E-state index contributed by atoms with van der Waals surface area (Å²) in [6.45, 7) is 7.18. The van der Waals surface area contributed by atoms with Gasteiger partial charge in [-0.2, -0.15) is 0 Å². The highest BCUT2D eigenvalue weighted by Gasteiger charge is 2.27. The second-order valence-corrected chi connectivity index (χ2v) is 6.67. The van der Waals surface area contributed by atoms with Gasteiger partial charge in [-0.3, -0.25) is 4.99 Å². The molecule has 128 valence electrons. The quantitative estimate of drug-likeness (QED) is 0.624. The highest BCUT2D eigenvalue weighted by molar-refractivity contribution is 5.79. The molecule has 0 saturated carbocycles. The smallest absolute Gasteiger partial charge is 0.190 e. The van der Waals surface area contributed by atoms with E-state index in [1.807, 2.05) is 7.05 Å². The number of hydrogen-bond donors (Lipinski definition) is 2. The van der Waals surface area contributed by atoms with Crippen molar-refractivity contribution < 1.29 is 4.74 Å². The molecule has 4 nitrogen and oxygen atoms in total. The van der Waals surface area contributed by atoms with E-state index in [4.69, 9.17) is 4.74 Å². The van der Waals surface area contributed by atoms with E-state index < -0.39 is 0 Å². The van der Waals surface area contributed by atoms with Gasteiger partial charge in [-0.25, -0.2) is 0 Å². The summed E-state index contributed by atoms with van der Waals surface area (Å²) < 4.78 is 6.05. The Bertz CT molecular complexity index is 473. The highest BCUT2D eigenvalue weighted by atomic mass is 16.5. The van der Waals surface area contributed by atoms with Crippen LogP contribution in [0, 0.1) is 11.8 Å². The first-order valence-electron chi connectivity index (χ1n) is 8.81. The van der Waals surface area contributed by atoms with E-state index in [0.29, 0.717) is 11.8 Å². The maximum Gasteiger partial charge on any atom is 0.190 e. The standard InChI is InChI=1S/C19H31N3O/c1-15(2)11-12-21-19(20-3)22-14-17-10-7-13-23-18(17)16-8-5-4-6-9-16/h4-6,8-9,15,17-18H,7,10-14H2,1-3H3,(H2,20,21,22). The fraction of sp³-hybridized carbons (Fsp3) is 0.632. The van der Waals surface area contributed by atoms with Crippen LogP contribution in [0.3, 0.4) is 0 Å². The van der Waals surface area contributed by atoms with Crippen LogP contribution in [-0.2, 0) is 4.74 Å². The lowest BCUT2D eigenvalue weighted by Gasteiger charge is -2.32. The van der Waals surface area contributed by atoms with Gasteiger partial charge in [0.15, 0.2) is 5.96 Å². The lowest BCUT2D eigenvalue weighted by Crippen LogP contribution is -2.42. The zero-order valence-corrected chi connectivity index (χ0v) is 14.7. The zero-order chi connectivity index (χ0) is 16.5. The van der Waals surface area contributed by atoms with E-state index in [9.17, 15) is 0 Å². The van der Waals surface area contributed by atoms with Crippen LogP contribution in [0.25, 0.3) is 0 Å². The summed E-state index contributed by atoms with van der Waals surface area (Å²) in [4.78, 5) is 4.32. The van der Waals surface area contributed by atoms with E-state index in [0.717, 1.165) is 38.5 Å². The molecule has 0 spiro atoms. The van der Waals surface area contributed by atoms with Gasteiger partial charge in [0.05, 0.1) is 6.10 Å². The summed E-state index contributed by atoms with van der Waals surface area (Å²) in [6.07, 6.45) is 3.66. The van der Waals surface area contributed by atoms with Crippen molar-refractivity contribution >= 4 is 5.96 Å². The second-order valence-electron chi connectivity index (χ2n) is 6.67. The summed E-state index contributed by atoms with van der Waals surface area (Å²) in [5.41, 5.74) is 1.28. The molecule has 2 unspecified atom stereocenters. The topological polar surface area (TPSA) is 45.7 Å². The van der Waals surface area contributed by atoms with E-state index in [-0.39, 0.29) is 6.10 Å². The fourth-order valence-electron chi connectivity index (χ4n) is 2.99. The van der Waals surface area contributed by atoms with Crippen LogP contribution in [0.4, 0.5) is 0 Å². The Morgan fingerprint density at radius 3 is 2.74 bits per heavy atom. The van der Waals surface area contributed by atoms with Gasteiger partial charge >= 0.3 is 0 Å². The van der Waals surface area contributed by atoms with Crippen LogP contribution in [0.2, 0.25) is 0 Å². The molecule has 1 aromatic rings. The molecule has 4 heteroatoms. The van der Waals surface area contributed by atoms with Crippen molar-refractivity contribution in [3.63, 3.8) is 0 Å². The van der Waals surface area contributed by atoms with E-state index in [2.05, 4.69) is 59.8 Å². The summed E-state index contributed by atoms with van der Waals surface area (Å²) >= 11 is 0. The summed E-state index contributed by atoms with van der Waals surface area (Å²) in [5.74, 6) is 2.08. The molecule has 1 aliphatic heterocycles. The Morgan fingerprint density at radius 2 is 2.04 bits per heavy atom. The third-order valence-corrected chi connectivity index (χ3v) is 4.34. The SMILES string of the molecule is CN=C(NCCC(C)C)NCC1CCCOC1c1ccccc1. The molecule has 2 rings (SSSR count). The van der Waals surface area contributed by atoms with Gasteiger partial charge in [-0.15, -0.1) is 0 Å². The molecule has 1 heterocycles. The predicted octanol–water partition coefficient (Wildman–Crippen LogP) is 3.37. The lowest BCUT2D eigenvalue weighted by atomic mass is 9.89. The predicted molar refractivity (Wildman–Crippen MR) is 96.7 cm³/mol. The fourth-order valence-corrected chi connectivity index (χ4v) is 2.99. The van der Waals surface area contributed by atoms with Gasteiger partial charge in [-0.1, -0.05) is 44.2 Å². The third kappa shape index (κ3) is 5.87. The van der Waals surface area contributed by atoms with Crippen LogP contribution >= 0.6 is 0 Å². The summed E-state index contributed by atoms with van der Waals surface area (Å²) in [6, 6.07) is 10.6. The molecular formula is C19H31N3O. The molecule has 1 aromatic carbocycles. The minimum Gasteiger partial charge on any atom is -0.373 e. The monoisotopic (exact) mass is 317 g/mol. The van der Waals surface area contributed by atoms with Crippen molar-refractivity contribution in [2.75, 3.05) is 26.7 Å². The molecular weight excluding hydrogens is 286 g/mol. The Balaban J connectivity index is 1.86. The molecule has 0 aromatic heterocycles. The molecule has 1 fully saturated rings. The van der Waals surface area contributed by atoms with E-state index in [1.165, 1.54) is 12.0 Å². The Morgan fingerprint density at radius 1 is 1.26 bits per heavy atom. The largest absolute Gasteiger partial charge is 0.373 e. The van der Waals surface area contributed by atoms with Crippen LogP contribution in [0.1, 0.15) is 44.8 Å². The average Bonchev–Trinajstić information content (AvgIpc) is 2.58. The molecule has 1 aliphatic rings. The first-order chi connectivity index (χ1) is 11.2. The number of benzene rings is 1. The van der Waals surface area contributed by atoms with Gasteiger partial charge in [-0.05, 0) is 30.7 Å². The molecule has 0 amide bonds. The van der Waals surface area contributed by atoms with Gasteiger partial charge in [0, 0.05) is 32.7 Å². The van der Waals surface area contributed by atoms with E-state index in [1.54, 1.807) is 0 Å². The molecule has 2 atom stereocenters. The van der Waals surface area contributed by atoms with Crippen LogP contribution < -0.4 is 10.6 Å². The molecule has 0 radical (unpaired) electrons. The number of nitrogens with zero attached hydrogens (tertiary/aromatic N) is 1. The second kappa shape index (κ2) is 9.56. The third-order valence-electron chi connectivity index (χ3n) is 4.34. The normalized spacial score (nSPS) is 22.2. The Labute approximate surface area is 140 Å². The zero-order valence-electron chi connectivity index (χ0n) is 14.7. The Hall–Kier alpha value is -1.55. The van der Waals surface area contributed by atoms with Crippen molar-refractivity contribution in [3.05, 3.63) is 35.9 Å². The van der Waals surface area contributed by atoms with Gasteiger partial charge < -0.3 is 15.4 Å². The highest BCUT2D eigenvalue weighted by Crippen LogP contribution is 2.32. The molecule has 2 N–H and O–H groups in total. The van der Waals surface area contributed by atoms with Gasteiger partial charge in [0.25, 0.3) is 0 Å². The maximum atomic E-state index is 6.05. The first kappa shape index (κ1) is 17.8. The lowest BCUT2D eigenvalue weighted by molar-refractivity contribution is -0.0265. The Kier molecular flexibility index (Phi) is 7.40. The van der Waals surface area contributed by atoms with Crippen LogP contribution in [0.15, 0.2) is 35.3 Å². The summed E-state index contributed by atoms with van der Waals surface area (Å²) in [7, 11) is 1.83. The van der Waals surface area contributed by atoms with Crippen LogP contribution in [0.5, 0.6) is 0 Å². The maximum absolute atomic E-state index is 6.05. The van der Waals surface area contributed by atoms with Gasteiger partial charge in [0.2, 0.25) is 0 Å². The average molecular weight is 317 g/mol. The minimum absolute atomic E-state index is 0.186. The molecule has 1 saturated heterocycles. The number of hydrogen-bond acceptors (Lipinski definition) is 2. The number of rotatable bonds is 6. The van der Waals surface area contributed by atoms with Crippen LogP contribution in [-0.4, -0.2) is 32.7 Å².